The van der Waals surface area contributed by atoms with E-state index in [-0.39, 0.29) is 0 Å². The van der Waals surface area contributed by atoms with E-state index in [4.69, 9.17) is 0 Å². The van der Waals surface area contributed by atoms with Crippen molar-refractivity contribution in [2.24, 2.45) is 0 Å². The molecule has 0 heterocycles. The molecule has 1 aliphatic carbocycles. The van der Waals surface area contributed by atoms with Gasteiger partial charge in [-0.05, 0) is 31.0 Å². The van der Waals surface area contributed by atoms with Crippen LogP contribution in [0.3, 0.4) is 0 Å². The molecule has 7 nitrogen and oxygen atoms in total. The zero-order valence-electron chi connectivity index (χ0n) is 23.6. The smallest absolute Gasteiger partial charge is 0.200 e. The fourth-order valence-electron chi connectivity index (χ4n) is 5.20. The van der Waals surface area contributed by atoms with E-state index in [9.17, 15) is 38.8 Å². The van der Waals surface area contributed by atoms with Crippen LogP contribution < -0.4 is 5.32 Å². The van der Waals surface area contributed by atoms with Crippen LogP contribution in [-0.2, 0) is 0 Å². The lowest BCUT2D eigenvalue weighted by atomic mass is 9.81. The summed E-state index contributed by atoms with van der Waals surface area (Å²) in [6.45, 7) is 1.52. The molecule has 41 heavy (non-hydrogen) atoms. The van der Waals surface area contributed by atoms with E-state index in [0.29, 0.717) is 12.5 Å². The van der Waals surface area contributed by atoms with Gasteiger partial charge in [-0.15, -0.1) is 0 Å². The second kappa shape index (κ2) is 15.6. The highest BCUT2D eigenvalue weighted by Gasteiger charge is 2.39. The quantitative estimate of drug-likeness (QED) is 0.0705. The van der Waals surface area contributed by atoms with E-state index in [0.717, 1.165) is 31.4 Å². The molecule has 0 amide bonds. The van der Waals surface area contributed by atoms with Gasteiger partial charge in [0.15, 0.2) is 17.4 Å². The predicted octanol–water partition coefficient (Wildman–Crippen LogP) is 6.54. The molecule has 0 aromatic heterocycles. The number of nitrogens with one attached hydrogen (secondary N) is 1. The Balaban J connectivity index is 1.60. The van der Waals surface area contributed by atoms with Crippen LogP contribution in [0.1, 0.15) is 116 Å². The number of aliphatic hydroxyl groups is 2. The number of anilines is 1. The van der Waals surface area contributed by atoms with Crippen molar-refractivity contribution in [3.05, 3.63) is 64.2 Å². The molecule has 2 unspecified atom stereocenters. The lowest BCUT2D eigenvalue weighted by Crippen LogP contribution is -2.37. The summed E-state index contributed by atoms with van der Waals surface area (Å²) in [6, 6.07) is 1.36. The third-order valence-corrected chi connectivity index (χ3v) is 7.55. The van der Waals surface area contributed by atoms with Gasteiger partial charge in [-0.25, -0.2) is 8.78 Å². The molecule has 224 valence electrons. The molecular weight excluding hydrogens is 532 g/mol. The summed E-state index contributed by atoms with van der Waals surface area (Å²) in [7, 11) is 0. The molecule has 0 spiro atoms. The average molecular weight is 574 g/mol. The SMILES string of the molecule is CCCCCCCCCCCCCC=CC(O)C(CO)Nc1c(F)c(F)cc2c1C(=O)c1c(O)ccc(O)c1C2=O. The summed E-state index contributed by atoms with van der Waals surface area (Å²) in [5.41, 5.74) is -2.84. The summed E-state index contributed by atoms with van der Waals surface area (Å²) in [6.07, 6.45) is 15.9. The highest BCUT2D eigenvalue weighted by atomic mass is 19.2. The number of unbranched alkanes of at least 4 members (excludes halogenated alkanes) is 11. The Morgan fingerprint density at radius 3 is 1.93 bits per heavy atom. The van der Waals surface area contributed by atoms with Crippen LogP contribution in [-0.4, -0.2) is 50.7 Å². The van der Waals surface area contributed by atoms with Crippen molar-refractivity contribution in [1.29, 1.82) is 0 Å². The predicted molar refractivity (Wildman–Crippen MR) is 154 cm³/mol. The number of carbonyl (C=O) groups is 2. The Bertz CT molecular complexity index is 1250. The monoisotopic (exact) mass is 573 g/mol. The normalized spacial score (nSPS) is 14.3. The fraction of sp³-hybridized carbons (Fsp3) is 0.500. The molecule has 0 radical (unpaired) electrons. The first-order chi connectivity index (χ1) is 19.7. The molecule has 0 bridgehead atoms. The number of aliphatic hydroxyl groups excluding tert-OH is 2. The number of halogens is 2. The second-order valence-corrected chi connectivity index (χ2v) is 10.7. The third kappa shape index (κ3) is 7.92. The molecule has 5 N–H and O–H groups in total. The van der Waals surface area contributed by atoms with Gasteiger partial charge in [0.05, 0.1) is 41.1 Å². The Labute approximate surface area is 239 Å². The van der Waals surface area contributed by atoms with Gasteiger partial charge in [0.1, 0.15) is 11.5 Å². The van der Waals surface area contributed by atoms with Gasteiger partial charge in [-0.2, -0.15) is 0 Å². The minimum absolute atomic E-state index is 0.511. The van der Waals surface area contributed by atoms with Crippen molar-refractivity contribution < 1.29 is 38.8 Å². The molecule has 2 aromatic carbocycles. The Hall–Kier alpha value is -3.30. The lowest BCUT2D eigenvalue weighted by Gasteiger charge is -2.26. The highest BCUT2D eigenvalue weighted by molar-refractivity contribution is 6.31. The molecule has 9 heteroatoms. The van der Waals surface area contributed by atoms with Crippen LogP contribution in [0, 0.1) is 11.6 Å². The van der Waals surface area contributed by atoms with Crippen LogP contribution in [0.15, 0.2) is 30.4 Å². The minimum atomic E-state index is -1.48. The molecule has 3 rings (SSSR count). The maximum absolute atomic E-state index is 15.0. The number of carbonyl (C=O) groups excluding carboxylic acids is 2. The number of hydrogen-bond donors (Lipinski definition) is 5. The average Bonchev–Trinajstić information content (AvgIpc) is 2.95. The van der Waals surface area contributed by atoms with Gasteiger partial charge >= 0.3 is 0 Å². The molecule has 2 aromatic rings. The lowest BCUT2D eigenvalue weighted by molar-refractivity contribution is 0.0973. The first-order valence-corrected chi connectivity index (χ1v) is 14.6. The Kier molecular flexibility index (Phi) is 12.3. The van der Waals surface area contributed by atoms with Crippen molar-refractivity contribution in [3.63, 3.8) is 0 Å². The standard InChI is InChI=1S/C32H41F2NO6/c1-2-3-4-5-6-7-8-9-10-11-12-13-14-15-23(37)22(19-36)35-30-26-20(18-21(33)29(30)34)31(40)27-24(38)16-17-25(39)28(27)32(26)41/h14-18,22-23,35-39H,2-13,19H2,1H3. The van der Waals surface area contributed by atoms with Crippen LogP contribution in [0.25, 0.3) is 0 Å². The highest BCUT2D eigenvalue weighted by Crippen LogP contribution is 2.41. The second-order valence-electron chi connectivity index (χ2n) is 10.7. The molecular formula is C32H41F2NO6. The number of aromatic hydroxyl groups is 2. The van der Waals surface area contributed by atoms with Gasteiger partial charge in [0.2, 0.25) is 5.78 Å². The summed E-state index contributed by atoms with van der Waals surface area (Å²) in [4.78, 5) is 26.3. The molecule has 0 saturated heterocycles. The number of rotatable bonds is 17. The summed E-state index contributed by atoms with van der Waals surface area (Å²) in [5.74, 6) is -6.10. The number of fused-ring (bicyclic) bond motifs is 2. The van der Waals surface area contributed by atoms with Crippen LogP contribution in [0.5, 0.6) is 11.5 Å². The van der Waals surface area contributed by atoms with Gasteiger partial charge in [-0.3, -0.25) is 9.59 Å². The maximum Gasteiger partial charge on any atom is 0.200 e. The van der Waals surface area contributed by atoms with Crippen molar-refractivity contribution in [2.75, 3.05) is 11.9 Å². The summed E-state index contributed by atoms with van der Waals surface area (Å²) in [5, 5.41) is 43.3. The first kappa shape index (κ1) is 32.2. The van der Waals surface area contributed by atoms with Crippen molar-refractivity contribution in [1.82, 2.24) is 0 Å². The van der Waals surface area contributed by atoms with E-state index in [1.807, 2.05) is 0 Å². The van der Waals surface area contributed by atoms with Gasteiger partial charge in [-0.1, -0.05) is 83.3 Å². The number of benzene rings is 2. The maximum atomic E-state index is 15.0. The van der Waals surface area contributed by atoms with Gasteiger partial charge in [0, 0.05) is 5.56 Å². The zero-order valence-corrected chi connectivity index (χ0v) is 23.6. The summed E-state index contributed by atoms with van der Waals surface area (Å²) < 4.78 is 29.5. The van der Waals surface area contributed by atoms with E-state index in [2.05, 4.69) is 12.2 Å². The Morgan fingerprint density at radius 2 is 1.37 bits per heavy atom. The summed E-state index contributed by atoms with van der Waals surface area (Å²) >= 11 is 0. The van der Waals surface area contributed by atoms with Crippen molar-refractivity contribution in [2.45, 2.75) is 96.1 Å². The number of ketones is 2. The van der Waals surface area contributed by atoms with Crippen LogP contribution >= 0.6 is 0 Å². The number of phenols is 2. The first-order valence-electron chi connectivity index (χ1n) is 14.6. The zero-order chi connectivity index (χ0) is 29.9. The van der Waals surface area contributed by atoms with E-state index < -0.39 is 81.4 Å². The number of allylic oxidation sites excluding steroid dienone is 1. The molecule has 0 fully saturated rings. The van der Waals surface area contributed by atoms with Gasteiger partial charge in [0.25, 0.3) is 0 Å². The molecule has 0 saturated carbocycles. The van der Waals surface area contributed by atoms with E-state index in [1.165, 1.54) is 57.4 Å². The van der Waals surface area contributed by atoms with Crippen molar-refractivity contribution in [3.8, 4) is 11.5 Å². The Morgan fingerprint density at radius 1 is 0.829 bits per heavy atom. The topological polar surface area (TPSA) is 127 Å². The van der Waals surface area contributed by atoms with Crippen LogP contribution in [0.4, 0.5) is 14.5 Å². The fourth-order valence-corrected chi connectivity index (χ4v) is 5.20. The minimum Gasteiger partial charge on any atom is -0.507 e. The molecule has 1 aliphatic rings. The van der Waals surface area contributed by atoms with Crippen LogP contribution in [0.2, 0.25) is 0 Å². The molecule has 2 atom stereocenters. The van der Waals surface area contributed by atoms with E-state index >= 15 is 0 Å². The van der Waals surface area contributed by atoms with E-state index in [1.54, 1.807) is 6.08 Å². The number of hydrogen-bond acceptors (Lipinski definition) is 7. The largest absolute Gasteiger partial charge is 0.507 e. The van der Waals surface area contributed by atoms with Gasteiger partial charge < -0.3 is 25.7 Å². The van der Waals surface area contributed by atoms with Crippen molar-refractivity contribution >= 4 is 17.3 Å². The number of phenolic OH excluding ortho intramolecular Hbond substituents is 2. The molecule has 0 aliphatic heterocycles. The third-order valence-electron chi connectivity index (χ3n) is 7.55.